The Labute approximate surface area is 162 Å². The Morgan fingerprint density at radius 3 is 2.59 bits per heavy atom. The van der Waals surface area contributed by atoms with Crippen LogP contribution in [0.25, 0.3) is 0 Å². The molecule has 2 heterocycles. The van der Waals surface area contributed by atoms with Gasteiger partial charge in [-0.3, -0.25) is 4.79 Å². The number of nitrogens with one attached hydrogen (secondary N) is 2. The van der Waals surface area contributed by atoms with Gasteiger partial charge in [0.15, 0.2) is 0 Å². The fourth-order valence-corrected chi connectivity index (χ4v) is 4.25. The summed E-state index contributed by atoms with van der Waals surface area (Å²) >= 11 is 1.43. The van der Waals surface area contributed by atoms with Crippen LogP contribution in [0.3, 0.4) is 0 Å². The lowest BCUT2D eigenvalue weighted by molar-refractivity contribution is -0.116. The van der Waals surface area contributed by atoms with Gasteiger partial charge in [0.1, 0.15) is 11.1 Å². The van der Waals surface area contributed by atoms with Crippen molar-refractivity contribution < 1.29 is 4.79 Å². The number of fused-ring (bicyclic) bond motifs is 1. The van der Waals surface area contributed by atoms with Crippen molar-refractivity contribution in [1.82, 2.24) is 14.9 Å². The van der Waals surface area contributed by atoms with E-state index in [4.69, 9.17) is 0 Å². The number of amides is 1. The minimum Gasteiger partial charge on any atom is -0.325 e. The first-order valence-electron chi connectivity index (χ1n) is 8.80. The fourth-order valence-electron chi connectivity index (χ4n) is 3.12. The maximum Gasteiger partial charge on any atom is 0.240 e. The van der Waals surface area contributed by atoms with Crippen LogP contribution in [0.5, 0.6) is 0 Å². The molecule has 0 aliphatic carbocycles. The summed E-state index contributed by atoms with van der Waals surface area (Å²) in [5.74, 6) is 0.711. The number of anilines is 1. The molecular weight excluding hydrogens is 358 g/mol. The van der Waals surface area contributed by atoms with Gasteiger partial charge >= 0.3 is 0 Å². The van der Waals surface area contributed by atoms with E-state index in [-0.39, 0.29) is 17.2 Å². The first-order chi connectivity index (χ1) is 13.0. The van der Waals surface area contributed by atoms with Gasteiger partial charge in [-0.1, -0.05) is 53.7 Å². The normalized spacial score (nSPS) is 18.5. The molecule has 1 aromatic heterocycles. The van der Waals surface area contributed by atoms with Crippen LogP contribution in [0, 0.1) is 20.8 Å². The molecule has 3 aromatic rings. The summed E-state index contributed by atoms with van der Waals surface area (Å²) in [6.45, 7) is 5.95. The molecule has 0 unspecified atom stereocenters. The van der Waals surface area contributed by atoms with E-state index in [0.29, 0.717) is 5.16 Å². The summed E-state index contributed by atoms with van der Waals surface area (Å²) < 4.78 is 1.85. The smallest absolute Gasteiger partial charge is 0.240 e. The van der Waals surface area contributed by atoms with Gasteiger partial charge in [0, 0.05) is 5.69 Å². The van der Waals surface area contributed by atoms with Crippen molar-refractivity contribution in [2.24, 2.45) is 0 Å². The van der Waals surface area contributed by atoms with E-state index in [1.807, 2.05) is 42.8 Å². The summed E-state index contributed by atoms with van der Waals surface area (Å²) in [6.07, 6.45) is 0. The monoisotopic (exact) mass is 379 g/mol. The van der Waals surface area contributed by atoms with E-state index < -0.39 is 0 Å². The molecule has 0 spiro atoms. The summed E-state index contributed by atoms with van der Waals surface area (Å²) in [5.41, 5.74) is 7.56. The molecule has 0 fully saturated rings. The van der Waals surface area contributed by atoms with Crippen LogP contribution >= 0.6 is 11.8 Å². The minimum absolute atomic E-state index is 0.0596. The third-order valence-corrected chi connectivity index (χ3v) is 5.79. The van der Waals surface area contributed by atoms with Crippen LogP contribution in [0.1, 0.15) is 28.6 Å². The highest BCUT2D eigenvalue weighted by Gasteiger charge is 2.37. The summed E-state index contributed by atoms with van der Waals surface area (Å²) in [5, 5.41) is 11.7. The van der Waals surface area contributed by atoms with Gasteiger partial charge in [-0.05, 0) is 44.0 Å². The zero-order valence-corrected chi connectivity index (χ0v) is 16.2. The number of hydrogen-bond donors (Lipinski definition) is 2. The predicted molar refractivity (Wildman–Crippen MR) is 107 cm³/mol. The summed E-state index contributed by atoms with van der Waals surface area (Å²) in [7, 11) is 0. The molecule has 2 aromatic carbocycles. The van der Waals surface area contributed by atoms with Crippen LogP contribution in [-0.2, 0) is 4.79 Å². The molecule has 0 saturated heterocycles. The van der Waals surface area contributed by atoms with Crippen LogP contribution in [0.4, 0.5) is 5.69 Å². The van der Waals surface area contributed by atoms with Gasteiger partial charge in [-0.25, -0.2) is 4.68 Å². The average Bonchev–Trinajstić information content (AvgIpc) is 3.02. The Morgan fingerprint density at radius 2 is 1.85 bits per heavy atom. The van der Waals surface area contributed by atoms with E-state index in [2.05, 4.69) is 52.1 Å². The number of carbonyl (C=O) groups is 1. The molecule has 1 aliphatic heterocycles. The topological polar surface area (TPSA) is 71.8 Å². The third-order valence-electron chi connectivity index (χ3n) is 4.58. The molecule has 2 N–H and O–H groups in total. The van der Waals surface area contributed by atoms with Crippen molar-refractivity contribution in [1.29, 1.82) is 0 Å². The Kier molecular flexibility index (Phi) is 4.61. The van der Waals surface area contributed by atoms with Crippen LogP contribution in [0.2, 0.25) is 0 Å². The van der Waals surface area contributed by atoms with Gasteiger partial charge < -0.3 is 10.7 Å². The van der Waals surface area contributed by atoms with Crippen molar-refractivity contribution in [3.8, 4) is 0 Å². The van der Waals surface area contributed by atoms with E-state index >= 15 is 0 Å². The molecule has 0 saturated carbocycles. The number of hydrogen-bond acceptors (Lipinski definition) is 5. The number of thioether (sulfide) groups is 1. The Bertz CT molecular complexity index is 982. The van der Waals surface area contributed by atoms with Crippen LogP contribution in [0.15, 0.2) is 53.7 Å². The molecule has 6 nitrogen and oxygen atoms in total. The van der Waals surface area contributed by atoms with Gasteiger partial charge in [-0.15, -0.1) is 10.2 Å². The molecule has 27 heavy (non-hydrogen) atoms. The second-order valence-electron chi connectivity index (χ2n) is 6.78. The Balaban J connectivity index is 1.66. The lowest BCUT2D eigenvalue weighted by Crippen LogP contribution is -2.41. The molecule has 4 rings (SSSR count). The van der Waals surface area contributed by atoms with E-state index in [1.165, 1.54) is 17.3 Å². The second kappa shape index (κ2) is 7.08. The minimum atomic E-state index is -0.371. The van der Waals surface area contributed by atoms with Gasteiger partial charge in [0.05, 0.1) is 6.04 Å². The highest BCUT2D eigenvalue weighted by Crippen LogP contribution is 2.37. The van der Waals surface area contributed by atoms with Crippen molar-refractivity contribution in [3.63, 3.8) is 0 Å². The van der Waals surface area contributed by atoms with Crippen molar-refractivity contribution in [2.45, 2.75) is 37.2 Å². The highest BCUT2D eigenvalue weighted by atomic mass is 32.2. The zero-order valence-electron chi connectivity index (χ0n) is 15.4. The predicted octanol–water partition coefficient (Wildman–Crippen LogP) is 3.60. The van der Waals surface area contributed by atoms with E-state index in [1.54, 1.807) is 0 Å². The molecule has 0 radical (unpaired) electrons. The first kappa shape index (κ1) is 17.6. The second-order valence-corrected chi connectivity index (χ2v) is 7.89. The first-order valence-corrected chi connectivity index (χ1v) is 9.68. The number of nitrogens with zero attached hydrogens (tertiary/aromatic N) is 3. The van der Waals surface area contributed by atoms with Crippen molar-refractivity contribution in [2.75, 3.05) is 10.7 Å². The SMILES string of the molecule is Cc1ccc([C@H]2Nn3c(C)nnc3S[C@H]2C(=O)Nc2cccc(C)c2)cc1. The molecule has 2 atom stereocenters. The van der Waals surface area contributed by atoms with E-state index in [0.717, 1.165) is 22.6 Å². The number of benzene rings is 2. The maximum atomic E-state index is 13.1. The highest BCUT2D eigenvalue weighted by molar-refractivity contribution is 8.00. The molecule has 0 bridgehead atoms. The Morgan fingerprint density at radius 1 is 1.07 bits per heavy atom. The molecular formula is C20H21N5OS. The molecule has 1 aliphatic rings. The average molecular weight is 379 g/mol. The largest absolute Gasteiger partial charge is 0.325 e. The molecule has 138 valence electrons. The molecule has 7 heteroatoms. The van der Waals surface area contributed by atoms with Crippen molar-refractivity contribution >= 4 is 23.4 Å². The zero-order chi connectivity index (χ0) is 19.0. The van der Waals surface area contributed by atoms with Gasteiger partial charge in [-0.2, -0.15) is 0 Å². The number of aromatic nitrogens is 3. The number of rotatable bonds is 3. The Hall–Kier alpha value is -2.80. The van der Waals surface area contributed by atoms with E-state index in [9.17, 15) is 4.79 Å². The summed E-state index contributed by atoms with van der Waals surface area (Å²) in [6, 6.07) is 15.9. The fraction of sp³-hybridized carbons (Fsp3) is 0.250. The lowest BCUT2D eigenvalue weighted by Gasteiger charge is -2.32. The summed E-state index contributed by atoms with van der Waals surface area (Å²) in [4.78, 5) is 13.1. The van der Waals surface area contributed by atoms with Crippen LogP contribution < -0.4 is 10.7 Å². The number of aryl methyl sites for hydroxylation is 3. The van der Waals surface area contributed by atoms with Gasteiger partial charge in [0.2, 0.25) is 11.1 Å². The van der Waals surface area contributed by atoms with Crippen molar-refractivity contribution in [3.05, 3.63) is 71.0 Å². The quantitative estimate of drug-likeness (QED) is 0.727. The molecule has 1 amide bonds. The third kappa shape index (κ3) is 3.55. The number of carbonyl (C=O) groups excluding carboxylic acids is 1. The standard InChI is InChI=1S/C20H21N5OS/c1-12-7-9-15(10-8-12)17-18(27-20-23-22-14(3)25(20)24-17)19(26)21-16-6-4-5-13(2)11-16/h4-11,17-18,24H,1-3H3,(H,21,26)/t17-,18-/m1/s1. The maximum absolute atomic E-state index is 13.1. The lowest BCUT2D eigenvalue weighted by atomic mass is 10.0. The van der Waals surface area contributed by atoms with Gasteiger partial charge in [0.25, 0.3) is 0 Å². The van der Waals surface area contributed by atoms with Crippen LogP contribution in [-0.4, -0.2) is 26.0 Å².